The fourth-order valence-corrected chi connectivity index (χ4v) is 4.28. The summed E-state index contributed by atoms with van der Waals surface area (Å²) in [5.41, 5.74) is -1.14. The van der Waals surface area contributed by atoms with Crippen LogP contribution in [0.15, 0.2) is 28.7 Å². The van der Waals surface area contributed by atoms with Crippen molar-refractivity contribution in [2.24, 2.45) is 5.41 Å². The van der Waals surface area contributed by atoms with Crippen molar-refractivity contribution >= 4 is 6.09 Å². The first kappa shape index (κ1) is 25.9. The number of furan rings is 1. The molecule has 1 aliphatic heterocycles. The second-order valence-electron chi connectivity index (χ2n) is 10.1. The molecule has 2 heterocycles. The number of methoxy groups -OCH3 is 1. The fourth-order valence-electron chi connectivity index (χ4n) is 4.28. The number of aliphatic hydroxyl groups is 1. The number of aliphatic hydroxyl groups excluding tert-OH is 1. The van der Waals surface area contributed by atoms with E-state index in [-0.39, 0.29) is 18.1 Å². The highest BCUT2D eigenvalue weighted by atomic mass is 19.4. The van der Waals surface area contributed by atoms with Gasteiger partial charge in [0.25, 0.3) is 0 Å². The third-order valence-corrected chi connectivity index (χ3v) is 6.02. The van der Waals surface area contributed by atoms with Crippen molar-refractivity contribution in [2.75, 3.05) is 20.2 Å². The van der Waals surface area contributed by atoms with Crippen molar-refractivity contribution in [1.82, 2.24) is 4.90 Å². The first-order valence-corrected chi connectivity index (χ1v) is 11.2. The number of piperidine rings is 1. The largest absolute Gasteiger partial charge is 0.496 e. The molecule has 1 amide bonds. The Balaban J connectivity index is 1.88. The Morgan fingerprint density at radius 1 is 1.24 bits per heavy atom. The lowest BCUT2D eigenvalue weighted by atomic mass is 9.76. The average molecular weight is 484 g/mol. The zero-order valence-electron chi connectivity index (χ0n) is 20.4. The van der Waals surface area contributed by atoms with Gasteiger partial charge in [0.1, 0.15) is 29.0 Å². The highest BCUT2D eigenvalue weighted by Gasteiger charge is 2.42. The zero-order chi connectivity index (χ0) is 25.5. The summed E-state index contributed by atoms with van der Waals surface area (Å²) in [4.78, 5) is 14.2. The van der Waals surface area contributed by atoms with Crippen LogP contribution in [0, 0.1) is 12.3 Å². The molecule has 0 spiro atoms. The van der Waals surface area contributed by atoms with Gasteiger partial charge in [-0.15, -0.1) is 0 Å². The molecule has 1 N–H and O–H groups in total. The SMILES string of the molecule is COc1cc(C(F)(F)F)ccc1-c1oc(C(O)[C@]2(C)CCCN(C(=O)OC(C)(C)C)C2)cc1C. The van der Waals surface area contributed by atoms with E-state index in [0.717, 1.165) is 12.1 Å². The predicted octanol–water partition coefficient (Wildman–Crippen LogP) is 6.35. The van der Waals surface area contributed by atoms with Crippen LogP contribution in [0.2, 0.25) is 0 Å². The van der Waals surface area contributed by atoms with Crippen molar-refractivity contribution in [1.29, 1.82) is 0 Å². The number of hydrogen-bond acceptors (Lipinski definition) is 5. The van der Waals surface area contributed by atoms with Crippen LogP contribution in [0.3, 0.4) is 0 Å². The number of nitrogens with zero attached hydrogens (tertiary/aromatic N) is 1. The molecule has 1 aromatic heterocycles. The van der Waals surface area contributed by atoms with Gasteiger partial charge in [0.2, 0.25) is 0 Å². The van der Waals surface area contributed by atoms with E-state index < -0.39 is 35.0 Å². The summed E-state index contributed by atoms with van der Waals surface area (Å²) < 4.78 is 56.0. The van der Waals surface area contributed by atoms with E-state index in [1.54, 1.807) is 38.7 Å². The number of alkyl halides is 3. The van der Waals surface area contributed by atoms with Crippen molar-refractivity contribution < 1.29 is 37.0 Å². The van der Waals surface area contributed by atoms with Gasteiger partial charge >= 0.3 is 12.3 Å². The lowest BCUT2D eigenvalue weighted by molar-refractivity contribution is -0.137. The maximum atomic E-state index is 13.1. The molecule has 0 saturated carbocycles. The highest BCUT2D eigenvalue weighted by Crippen LogP contribution is 2.45. The summed E-state index contributed by atoms with van der Waals surface area (Å²) in [5.74, 6) is 0.624. The molecule has 34 heavy (non-hydrogen) atoms. The quantitative estimate of drug-likeness (QED) is 0.548. The maximum Gasteiger partial charge on any atom is 0.416 e. The normalized spacial score (nSPS) is 20.2. The predicted molar refractivity (Wildman–Crippen MR) is 121 cm³/mol. The van der Waals surface area contributed by atoms with Crippen LogP contribution in [0.4, 0.5) is 18.0 Å². The molecule has 2 atom stereocenters. The van der Waals surface area contributed by atoms with Gasteiger partial charge in [0.05, 0.1) is 18.2 Å². The molecule has 1 aromatic carbocycles. The van der Waals surface area contributed by atoms with Gasteiger partial charge in [-0.25, -0.2) is 4.79 Å². The number of carbonyl (C=O) groups excluding carboxylic acids is 1. The van der Waals surface area contributed by atoms with E-state index in [1.165, 1.54) is 13.2 Å². The third-order valence-electron chi connectivity index (χ3n) is 6.02. The number of likely N-dealkylation sites (tertiary alicyclic amines) is 1. The summed E-state index contributed by atoms with van der Waals surface area (Å²) in [5, 5.41) is 11.2. The van der Waals surface area contributed by atoms with E-state index in [4.69, 9.17) is 13.9 Å². The Kier molecular flexibility index (Phi) is 6.99. The monoisotopic (exact) mass is 483 g/mol. The average Bonchev–Trinajstić information content (AvgIpc) is 3.12. The smallest absolute Gasteiger partial charge is 0.416 e. The number of hydrogen-bond donors (Lipinski definition) is 1. The fraction of sp³-hybridized carbons (Fsp3) is 0.560. The van der Waals surface area contributed by atoms with Crippen LogP contribution in [0.25, 0.3) is 11.3 Å². The summed E-state index contributed by atoms with van der Waals surface area (Å²) in [7, 11) is 1.29. The second-order valence-corrected chi connectivity index (χ2v) is 10.1. The van der Waals surface area contributed by atoms with Crippen LogP contribution in [-0.2, 0) is 10.9 Å². The molecular formula is C25H32F3NO5. The Morgan fingerprint density at radius 2 is 1.91 bits per heavy atom. The number of amides is 1. The molecule has 0 aliphatic carbocycles. The molecule has 188 valence electrons. The van der Waals surface area contributed by atoms with Gasteiger partial charge < -0.3 is 23.9 Å². The number of rotatable bonds is 4. The van der Waals surface area contributed by atoms with Gasteiger partial charge in [0.15, 0.2) is 0 Å². The lowest BCUT2D eigenvalue weighted by Gasteiger charge is -2.42. The van der Waals surface area contributed by atoms with Crippen LogP contribution in [0.5, 0.6) is 5.75 Å². The zero-order valence-corrected chi connectivity index (χ0v) is 20.4. The minimum Gasteiger partial charge on any atom is -0.496 e. The van der Waals surface area contributed by atoms with E-state index >= 15 is 0 Å². The molecule has 1 fully saturated rings. The number of carbonyl (C=O) groups is 1. The van der Waals surface area contributed by atoms with Crippen molar-refractivity contribution in [3.63, 3.8) is 0 Å². The van der Waals surface area contributed by atoms with Gasteiger partial charge in [0, 0.05) is 18.5 Å². The Hall–Kier alpha value is -2.68. The Bertz CT molecular complexity index is 1040. The first-order chi connectivity index (χ1) is 15.6. The van der Waals surface area contributed by atoms with Gasteiger partial charge in [-0.2, -0.15) is 13.2 Å². The van der Waals surface area contributed by atoms with Crippen LogP contribution in [-0.4, -0.2) is 41.9 Å². The lowest BCUT2D eigenvalue weighted by Crippen LogP contribution is -2.48. The Labute approximate surface area is 197 Å². The molecule has 6 nitrogen and oxygen atoms in total. The minimum absolute atomic E-state index is 0.0216. The summed E-state index contributed by atoms with van der Waals surface area (Å²) >= 11 is 0. The summed E-state index contributed by atoms with van der Waals surface area (Å²) in [6, 6.07) is 4.87. The molecule has 3 rings (SSSR count). The van der Waals surface area contributed by atoms with Gasteiger partial charge in [-0.1, -0.05) is 6.92 Å². The van der Waals surface area contributed by atoms with Crippen LogP contribution in [0.1, 0.15) is 63.5 Å². The summed E-state index contributed by atoms with van der Waals surface area (Å²) in [6.45, 7) is 9.83. The second kappa shape index (κ2) is 9.17. The van der Waals surface area contributed by atoms with Crippen LogP contribution >= 0.6 is 0 Å². The molecular weight excluding hydrogens is 451 g/mol. The Morgan fingerprint density at radius 3 is 2.50 bits per heavy atom. The third kappa shape index (κ3) is 5.51. The molecule has 0 radical (unpaired) electrons. The van der Waals surface area contributed by atoms with Crippen molar-refractivity contribution in [3.8, 4) is 17.1 Å². The van der Waals surface area contributed by atoms with E-state index in [1.807, 2.05) is 6.92 Å². The minimum atomic E-state index is -4.50. The molecule has 1 aliphatic rings. The molecule has 2 aromatic rings. The highest BCUT2D eigenvalue weighted by molar-refractivity contribution is 5.70. The first-order valence-electron chi connectivity index (χ1n) is 11.2. The van der Waals surface area contributed by atoms with Crippen molar-refractivity contribution in [3.05, 3.63) is 41.2 Å². The topological polar surface area (TPSA) is 72.1 Å². The number of aryl methyl sites for hydroxylation is 1. The maximum absolute atomic E-state index is 13.1. The van der Waals surface area contributed by atoms with Crippen LogP contribution < -0.4 is 4.74 Å². The number of benzene rings is 1. The molecule has 9 heteroatoms. The van der Waals surface area contributed by atoms with E-state index in [2.05, 4.69) is 0 Å². The summed E-state index contributed by atoms with van der Waals surface area (Å²) in [6.07, 6.45) is -4.62. The number of halogens is 3. The molecule has 0 bridgehead atoms. The van der Waals surface area contributed by atoms with Gasteiger partial charge in [-0.3, -0.25) is 0 Å². The van der Waals surface area contributed by atoms with E-state index in [9.17, 15) is 23.1 Å². The van der Waals surface area contributed by atoms with E-state index in [0.29, 0.717) is 36.3 Å². The van der Waals surface area contributed by atoms with Crippen molar-refractivity contribution in [2.45, 2.75) is 65.3 Å². The van der Waals surface area contributed by atoms with Gasteiger partial charge in [-0.05, 0) is 70.4 Å². The molecule has 1 unspecified atom stereocenters. The standard InChI is InChI=1S/C25H32F3NO5/c1-15-12-19(33-20(15)17-9-8-16(25(26,27)28)13-18(17)32-6)21(30)24(5)10-7-11-29(14-24)22(31)34-23(2,3)4/h8-9,12-13,21,30H,7,10-11,14H2,1-6H3/t21?,24-/m1/s1. The molecule has 1 saturated heterocycles. The number of ether oxygens (including phenoxy) is 2.